The van der Waals surface area contributed by atoms with Crippen molar-refractivity contribution in [3.63, 3.8) is 0 Å². The Morgan fingerprint density at radius 2 is 0.978 bits per heavy atom. The number of allylic oxidation sites excluding steroid dienone is 1. The quantitative estimate of drug-likeness (QED) is 0.155. The second-order valence-corrected chi connectivity index (χ2v) is 11.1. The second kappa shape index (κ2) is 15.1. The van der Waals surface area contributed by atoms with Gasteiger partial charge in [0.2, 0.25) is 0 Å². The fraction of sp³-hybridized carbons (Fsp3) is 0.163. The lowest BCUT2D eigenvalue weighted by molar-refractivity contribution is 0.939. The van der Waals surface area contributed by atoms with Crippen LogP contribution in [0.15, 0.2) is 152 Å². The summed E-state index contributed by atoms with van der Waals surface area (Å²) in [6, 6.07) is 50.6. The van der Waals surface area contributed by atoms with Gasteiger partial charge in [0, 0.05) is 34.7 Å². The maximum Gasteiger partial charge on any atom is 0.0540 e. The van der Waals surface area contributed by atoms with Crippen LogP contribution in [0.5, 0.6) is 0 Å². The van der Waals surface area contributed by atoms with Crippen molar-refractivity contribution < 1.29 is 0 Å². The molecule has 45 heavy (non-hydrogen) atoms. The van der Waals surface area contributed by atoms with Gasteiger partial charge in [-0.15, -0.1) is 0 Å². The Labute approximate surface area is 269 Å². The standard InChI is InChI=1S/C41H38N2.C2H6/c1-4-5-8-30-42(36-22-14-31(2)15-23-36)37-26-18-33(19-27-37)34-20-28-39(29-21-34)43(38-24-16-32(3)17-25-38)41-13-9-11-35-10-6-7-12-40(35)41;1-2/h4-7,9-29H,8,30H2,1-3H3;1-2H3/b5-4-;. The molecular weight excluding hydrogens is 544 g/mol. The zero-order valence-corrected chi connectivity index (χ0v) is 27.2. The van der Waals surface area contributed by atoms with Gasteiger partial charge in [0.05, 0.1) is 5.69 Å². The van der Waals surface area contributed by atoms with E-state index in [0.29, 0.717) is 0 Å². The first-order valence-corrected chi connectivity index (χ1v) is 16.1. The molecule has 0 unspecified atom stereocenters. The molecule has 0 fully saturated rings. The first kappa shape index (κ1) is 31.3. The lowest BCUT2D eigenvalue weighted by Crippen LogP contribution is -2.17. The third-order valence-electron chi connectivity index (χ3n) is 8.04. The van der Waals surface area contributed by atoms with Gasteiger partial charge < -0.3 is 9.80 Å². The molecule has 0 atom stereocenters. The SMILES string of the molecule is C/C=C\CCN(c1ccc(C)cc1)c1ccc(-c2ccc(N(c3ccc(C)cc3)c3cccc4ccccc34)cc2)cc1.CC. The fourth-order valence-corrected chi connectivity index (χ4v) is 5.66. The normalized spacial score (nSPS) is 10.9. The minimum atomic E-state index is 0.935. The van der Waals surface area contributed by atoms with Crippen molar-refractivity contribution in [2.24, 2.45) is 0 Å². The van der Waals surface area contributed by atoms with E-state index in [9.17, 15) is 0 Å². The molecule has 0 bridgehead atoms. The number of hydrogen-bond acceptors (Lipinski definition) is 2. The van der Waals surface area contributed by atoms with E-state index in [1.54, 1.807) is 0 Å². The summed E-state index contributed by atoms with van der Waals surface area (Å²) in [5, 5.41) is 2.47. The van der Waals surface area contributed by atoms with Crippen molar-refractivity contribution in [3.05, 3.63) is 163 Å². The summed E-state index contributed by atoms with van der Waals surface area (Å²) >= 11 is 0. The van der Waals surface area contributed by atoms with E-state index in [2.05, 4.69) is 182 Å². The van der Waals surface area contributed by atoms with Crippen molar-refractivity contribution >= 4 is 39.2 Å². The zero-order chi connectivity index (χ0) is 31.6. The van der Waals surface area contributed by atoms with Crippen LogP contribution >= 0.6 is 0 Å². The predicted molar refractivity (Wildman–Crippen MR) is 198 cm³/mol. The third-order valence-corrected chi connectivity index (χ3v) is 8.04. The highest BCUT2D eigenvalue weighted by Crippen LogP contribution is 2.39. The molecule has 0 heterocycles. The van der Waals surface area contributed by atoms with E-state index in [4.69, 9.17) is 0 Å². The molecule has 226 valence electrons. The maximum atomic E-state index is 2.40. The summed E-state index contributed by atoms with van der Waals surface area (Å²) in [7, 11) is 0. The molecular formula is C43H44N2. The van der Waals surface area contributed by atoms with Gasteiger partial charge in [0.1, 0.15) is 0 Å². The van der Waals surface area contributed by atoms with Gasteiger partial charge in [-0.3, -0.25) is 0 Å². The van der Waals surface area contributed by atoms with Crippen LogP contribution in [-0.2, 0) is 0 Å². The number of hydrogen-bond donors (Lipinski definition) is 0. The molecule has 0 saturated heterocycles. The van der Waals surface area contributed by atoms with Crippen molar-refractivity contribution in [1.82, 2.24) is 0 Å². The van der Waals surface area contributed by atoms with Crippen LogP contribution in [0, 0.1) is 13.8 Å². The topological polar surface area (TPSA) is 6.48 Å². The predicted octanol–water partition coefficient (Wildman–Crippen LogP) is 12.7. The van der Waals surface area contributed by atoms with E-state index in [-0.39, 0.29) is 0 Å². The molecule has 0 aliphatic rings. The molecule has 0 spiro atoms. The highest BCUT2D eigenvalue weighted by molar-refractivity contribution is 5.99. The number of nitrogens with zero attached hydrogens (tertiary/aromatic N) is 2. The van der Waals surface area contributed by atoms with Gasteiger partial charge in [0.25, 0.3) is 0 Å². The lowest BCUT2D eigenvalue weighted by Gasteiger charge is -2.27. The first-order chi connectivity index (χ1) is 22.1. The highest BCUT2D eigenvalue weighted by Gasteiger charge is 2.15. The monoisotopic (exact) mass is 588 g/mol. The highest BCUT2D eigenvalue weighted by atomic mass is 15.1. The molecule has 2 nitrogen and oxygen atoms in total. The van der Waals surface area contributed by atoms with Crippen LogP contribution in [0.4, 0.5) is 28.4 Å². The molecule has 0 amide bonds. The van der Waals surface area contributed by atoms with E-state index in [1.807, 2.05) is 13.8 Å². The summed E-state index contributed by atoms with van der Waals surface area (Å²) in [5.74, 6) is 0. The number of benzene rings is 6. The Balaban J connectivity index is 0.00000196. The van der Waals surface area contributed by atoms with Gasteiger partial charge in [-0.25, -0.2) is 0 Å². The Morgan fingerprint density at radius 3 is 1.53 bits per heavy atom. The van der Waals surface area contributed by atoms with Crippen LogP contribution in [0.3, 0.4) is 0 Å². The van der Waals surface area contributed by atoms with Crippen LogP contribution < -0.4 is 9.80 Å². The summed E-state index contributed by atoms with van der Waals surface area (Å²) < 4.78 is 0. The summed E-state index contributed by atoms with van der Waals surface area (Å²) in [4.78, 5) is 4.76. The zero-order valence-electron chi connectivity index (χ0n) is 27.2. The average Bonchev–Trinajstić information content (AvgIpc) is 3.10. The molecule has 0 radical (unpaired) electrons. The molecule has 0 aliphatic carbocycles. The molecule has 0 aromatic heterocycles. The van der Waals surface area contributed by atoms with Crippen molar-refractivity contribution in [2.45, 2.75) is 41.0 Å². The number of rotatable bonds is 9. The molecule has 0 saturated carbocycles. The van der Waals surface area contributed by atoms with E-state index in [1.165, 1.54) is 50.1 Å². The van der Waals surface area contributed by atoms with Gasteiger partial charge >= 0.3 is 0 Å². The van der Waals surface area contributed by atoms with Crippen molar-refractivity contribution in [1.29, 1.82) is 0 Å². The number of fused-ring (bicyclic) bond motifs is 1. The largest absolute Gasteiger partial charge is 0.341 e. The fourth-order valence-electron chi connectivity index (χ4n) is 5.66. The molecule has 6 aromatic carbocycles. The molecule has 0 N–H and O–H groups in total. The maximum absolute atomic E-state index is 2.40. The van der Waals surface area contributed by atoms with Crippen LogP contribution in [-0.4, -0.2) is 6.54 Å². The van der Waals surface area contributed by atoms with Gasteiger partial charge in [-0.05, 0) is 98.3 Å². The molecule has 6 aromatic rings. The molecule has 0 aliphatic heterocycles. The summed E-state index contributed by atoms with van der Waals surface area (Å²) in [6.07, 6.45) is 5.36. The molecule has 2 heteroatoms. The van der Waals surface area contributed by atoms with Gasteiger partial charge in [0.15, 0.2) is 0 Å². The second-order valence-electron chi connectivity index (χ2n) is 11.1. The molecule has 6 rings (SSSR count). The van der Waals surface area contributed by atoms with Crippen LogP contribution in [0.1, 0.15) is 38.3 Å². The summed E-state index contributed by atoms with van der Waals surface area (Å²) in [5.41, 5.74) is 10.8. The van der Waals surface area contributed by atoms with E-state index in [0.717, 1.165) is 24.3 Å². The third kappa shape index (κ3) is 7.36. The number of aryl methyl sites for hydroxylation is 2. The Kier molecular flexibility index (Phi) is 10.5. The summed E-state index contributed by atoms with van der Waals surface area (Å²) in [6.45, 7) is 11.3. The Bertz CT molecular complexity index is 1810. The number of anilines is 5. The Hall–Kier alpha value is -5.08. The van der Waals surface area contributed by atoms with Crippen molar-refractivity contribution in [2.75, 3.05) is 16.3 Å². The Morgan fingerprint density at radius 1 is 0.511 bits per heavy atom. The average molecular weight is 589 g/mol. The van der Waals surface area contributed by atoms with Crippen LogP contribution in [0.2, 0.25) is 0 Å². The first-order valence-electron chi connectivity index (χ1n) is 16.1. The van der Waals surface area contributed by atoms with Crippen LogP contribution in [0.25, 0.3) is 21.9 Å². The minimum Gasteiger partial charge on any atom is -0.341 e. The minimum absolute atomic E-state index is 0.935. The van der Waals surface area contributed by atoms with E-state index < -0.39 is 0 Å². The van der Waals surface area contributed by atoms with E-state index >= 15 is 0 Å². The van der Waals surface area contributed by atoms with Gasteiger partial charge in [-0.2, -0.15) is 0 Å². The lowest BCUT2D eigenvalue weighted by atomic mass is 10.0. The van der Waals surface area contributed by atoms with Gasteiger partial charge in [-0.1, -0.05) is 122 Å². The van der Waals surface area contributed by atoms with Crippen molar-refractivity contribution in [3.8, 4) is 11.1 Å². The smallest absolute Gasteiger partial charge is 0.0540 e.